The minimum Gasteiger partial charge on any atom is -0.350 e. The van der Waals surface area contributed by atoms with Crippen LogP contribution in [0.25, 0.3) is 16.9 Å². The summed E-state index contributed by atoms with van der Waals surface area (Å²) in [6.07, 6.45) is -4.07. The van der Waals surface area contributed by atoms with Crippen LogP contribution < -0.4 is 5.32 Å². The predicted octanol–water partition coefficient (Wildman–Crippen LogP) is 5.15. The molecule has 0 aliphatic heterocycles. The molecule has 0 atom stereocenters. The molecule has 158 valence electrons. The highest BCUT2D eigenvalue weighted by Crippen LogP contribution is 2.32. The van der Waals surface area contributed by atoms with Gasteiger partial charge in [-0.3, -0.25) is 4.79 Å². The summed E-state index contributed by atoms with van der Waals surface area (Å²) in [5.41, 5.74) is 0.520. The third kappa shape index (κ3) is 4.77. The van der Waals surface area contributed by atoms with E-state index in [0.29, 0.717) is 23.0 Å². The molecule has 0 aliphatic carbocycles. The molecule has 0 aliphatic rings. The van der Waals surface area contributed by atoms with Crippen LogP contribution in [0.2, 0.25) is 0 Å². The molecule has 0 saturated heterocycles. The Balaban J connectivity index is 1.63. The zero-order chi connectivity index (χ0) is 22.0. The largest absolute Gasteiger partial charge is 0.433 e. The van der Waals surface area contributed by atoms with Crippen molar-refractivity contribution in [3.63, 3.8) is 0 Å². The molecule has 0 spiro atoms. The lowest BCUT2D eigenvalue weighted by Gasteiger charge is -2.11. The maximum Gasteiger partial charge on any atom is 0.433 e. The highest BCUT2D eigenvalue weighted by Gasteiger charge is 2.35. The van der Waals surface area contributed by atoms with E-state index in [0.717, 1.165) is 16.1 Å². The topological polar surface area (TPSA) is 59.3 Å². The van der Waals surface area contributed by atoms with Gasteiger partial charge in [0.2, 0.25) is 0 Å². The Bertz CT molecular complexity index is 1220. The van der Waals surface area contributed by atoms with Gasteiger partial charge in [-0.1, -0.05) is 58.4 Å². The summed E-state index contributed by atoms with van der Waals surface area (Å²) in [4.78, 5) is 16.7. The number of alkyl halides is 3. The van der Waals surface area contributed by atoms with Crippen LogP contribution in [-0.2, 0) is 12.6 Å². The molecule has 1 N–H and O–H groups in total. The Kier molecular flexibility index (Phi) is 5.77. The van der Waals surface area contributed by atoms with Gasteiger partial charge in [-0.25, -0.2) is 9.50 Å². The number of halogens is 4. The lowest BCUT2D eigenvalue weighted by atomic mass is 10.1. The SMILES string of the molecule is O=C(NCCc1ccccc1)c1cc2nc(-c3ccc(Br)cc3)cc(C(F)(F)F)n2n1. The van der Waals surface area contributed by atoms with E-state index < -0.39 is 17.8 Å². The van der Waals surface area contributed by atoms with Crippen molar-refractivity contribution in [1.29, 1.82) is 0 Å². The minimum absolute atomic E-state index is 0.0547. The zero-order valence-corrected chi connectivity index (χ0v) is 17.6. The van der Waals surface area contributed by atoms with Crippen molar-refractivity contribution in [2.24, 2.45) is 0 Å². The number of benzene rings is 2. The zero-order valence-electron chi connectivity index (χ0n) is 16.0. The Hall–Kier alpha value is -3.20. The second-order valence-electron chi connectivity index (χ2n) is 6.82. The summed E-state index contributed by atoms with van der Waals surface area (Å²) in [6.45, 7) is 0.334. The molecule has 9 heteroatoms. The predicted molar refractivity (Wildman–Crippen MR) is 114 cm³/mol. The van der Waals surface area contributed by atoms with Crippen molar-refractivity contribution in [3.8, 4) is 11.3 Å². The Morgan fingerprint density at radius 1 is 1.03 bits per heavy atom. The highest BCUT2D eigenvalue weighted by atomic mass is 79.9. The van der Waals surface area contributed by atoms with E-state index in [-0.39, 0.29) is 17.0 Å². The van der Waals surface area contributed by atoms with Gasteiger partial charge >= 0.3 is 6.18 Å². The van der Waals surface area contributed by atoms with E-state index in [1.165, 1.54) is 6.07 Å². The monoisotopic (exact) mass is 488 g/mol. The molecule has 4 aromatic rings. The van der Waals surface area contributed by atoms with Crippen molar-refractivity contribution in [2.45, 2.75) is 12.6 Å². The molecule has 2 aromatic heterocycles. The van der Waals surface area contributed by atoms with Gasteiger partial charge in [0, 0.05) is 22.6 Å². The van der Waals surface area contributed by atoms with Crippen LogP contribution >= 0.6 is 15.9 Å². The highest BCUT2D eigenvalue weighted by molar-refractivity contribution is 9.10. The minimum atomic E-state index is -4.67. The van der Waals surface area contributed by atoms with Crippen LogP contribution in [-0.4, -0.2) is 27.0 Å². The molecule has 0 radical (unpaired) electrons. The standard InChI is InChI=1S/C22H16BrF3N4O/c23-16-8-6-15(7-9-16)17-12-19(22(24,25)26)30-20(28-17)13-18(29-30)21(31)27-11-10-14-4-2-1-3-5-14/h1-9,12-13H,10-11H2,(H,27,31). The fraction of sp³-hybridized carbons (Fsp3) is 0.136. The van der Waals surface area contributed by atoms with Gasteiger partial charge in [-0.2, -0.15) is 18.3 Å². The van der Waals surface area contributed by atoms with E-state index in [2.05, 4.69) is 31.3 Å². The van der Waals surface area contributed by atoms with Gasteiger partial charge in [-0.05, 0) is 30.2 Å². The first-order chi connectivity index (χ1) is 14.8. The molecule has 2 heterocycles. The third-order valence-corrected chi connectivity index (χ3v) is 5.16. The van der Waals surface area contributed by atoms with Gasteiger partial charge in [0.05, 0.1) is 5.69 Å². The van der Waals surface area contributed by atoms with Crippen LogP contribution in [0.4, 0.5) is 13.2 Å². The van der Waals surface area contributed by atoms with E-state index >= 15 is 0 Å². The first-order valence-corrected chi connectivity index (χ1v) is 10.2. The Morgan fingerprint density at radius 3 is 2.42 bits per heavy atom. The number of aromatic nitrogens is 3. The Morgan fingerprint density at radius 2 is 1.74 bits per heavy atom. The molecular formula is C22H16BrF3N4O. The van der Waals surface area contributed by atoms with Crippen LogP contribution in [0.3, 0.4) is 0 Å². The number of rotatable bonds is 5. The number of carbonyl (C=O) groups excluding carboxylic acids is 1. The maximum atomic E-state index is 13.7. The number of hydrogen-bond acceptors (Lipinski definition) is 3. The molecule has 0 fully saturated rings. The van der Waals surface area contributed by atoms with Crippen molar-refractivity contribution in [2.75, 3.05) is 6.54 Å². The average molecular weight is 489 g/mol. The van der Waals surface area contributed by atoms with E-state index in [9.17, 15) is 18.0 Å². The van der Waals surface area contributed by atoms with E-state index in [4.69, 9.17) is 0 Å². The Labute approximate surface area is 184 Å². The molecule has 2 aromatic carbocycles. The van der Waals surface area contributed by atoms with Crippen LogP contribution in [0.5, 0.6) is 0 Å². The molecule has 0 unspecified atom stereocenters. The smallest absolute Gasteiger partial charge is 0.350 e. The normalized spacial score (nSPS) is 11.6. The number of amides is 1. The second kappa shape index (κ2) is 8.50. The molecule has 31 heavy (non-hydrogen) atoms. The van der Waals surface area contributed by atoms with Gasteiger partial charge in [0.25, 0.3) is 5.91 Å². The summed E-state index contributed by atoms with van der Waals surface area (Å²) in [7, 11) is 0. The second-order valence-corrected chi connectivity index (χ2v) is 7.74. The molecular weight excluding hydrogens is 473 g/mol. The fourth-order valence-electron chi connectivity index (χ4n) is 3.11. The first kappa shape index (κ1) is 21.0. The van der Waals surface area contributed by atoms with Gasteiger partial charge in [0.15, 0.2) is 17.0 Å². The van der Waals surface area contributed by atoms with Crippen molar-refractivity contribution >= 4 is 27.5 Å². The van der Waals surface area contributed by atoms with Crippen molar-refractivity contribution in [1.82, 2.24) is 19.9 Å². The van der Waals surface area contributed by atoms with Gasteiger partial charge < -0.3 is 5.32 Å². The number of hydrogen-bond donors (Lipinski definition) is 1. The first-order valence-electron chi connectivity index (χ1n) is 9.37. The van der Waals surface area contributed by atoms with Crippen LogP contribution in [0, 0.1) is 0 Å². The summed E-state index contributed by atoms with van der Waals surface area (Å²) >= 11 is 3.30. The summed E-state index contributed by atoms with van der Waals surface area (Å²) in [6, 6.07) is 18.5. The number of carbonyl (C=O) groups is 1. The van der Waals surface area contributed by atoms with Crippen LogP contribution in [0.1, 0.15) is 21.7 Å². The van der Waals surface area contributed by atoms with E-state index in [1.54, 1.807) is 24.3 Å². The van der Waals surface area contributed by atoms with Gasteiger partial charge in [0.1, 0.15) is 0 Å². The quantitative estimate of drug-likeness (QED) is 0.422. The average Bonchev–Trinajstić information content (AvgIpc) is 3.18. The van der Waals surface area contributed by atoms with E-state index in [1.807, 2.05) is 30.3 Å². The molecule has 0 bridgehead atoms. The molecule has 0 saturated carbocycles. The van der Waals surface area contributed by atoms with Crippen molar-refractivity contribution in [3.05, 3.63) is 88.2 Å². The molecule has 4 rings (SSSR count). The number of nitrogens with zero attached hydrogens (tertiary/aromatic N) is 3. The van der Waals surface area contributed by atoms with Gasteiger partial charge in [-0.15, -0.1) is 0 Å². The summed E-state index contributed by atoms with van der Waals surface area (Å²) in [5.74, 6) is -0.556. The summed E-state index contributed by atoms with van der Waals surface area (Å²) < 4.78 is 42.5. The maximum absolute atomic E-state index is 13.7. The number of fused-ring (bicyclic) bond motifs is 1. The van der Waals surface area contributed by atoms with Crippen LogP contribution in [0.15, 0.2) is 71.2 Å². The molecule has 5 nitrogen and oxygen atoms in total. The fourth-order valence-corrected chi connectivity index (χ4v) is 3.38. The number of nitrogens with one attached hydrogen (secondary N) is 1. The lowest BCUT2D eigenvalue weighted by Crippen LogP contribution is -2.26. The van der Waals surface area contributed by atoms with Crippen molar-refractivity contribution < 1.29 is 18.0 Å². The third-order valence-electron chi connectivity index (χ3n) is 4.63. The summed E-state index contributed by atoms with van der Waals surface area (Å²) in [5, 5.41) is 6.56. The lowest BCUT2D eigenvalue weighted by molar-refractivity contribution is -0.142. The molecule has 1 amide bonds.